The van der Waals surface area contributed by atoms with Crippen LogP contribution in [0.2, 0.25) is 0 Å². The molecule has 0 spiro atoms. The monoisotopic (exact) mass is 425 g/mol. The van der Waals surface area contributed by atoms with Crippen molar-refractivity contribution in [2.45, 2.75) is 32.2 Å². The second-order valence-corrected chi connectivity index (χ2v) is 7.51. The maximum Gasteiger partial charge on any atom is 0.325 e. The van der Waals surface area contributed by atoms with Gasteiger partial charge in [-0.2, -0.15) is 0 Å². The SMILES string of the molecule is CCOc1ccc(NC(=O)CN2C(=O)N[C@](C)(CCc3ccc(OC)cc3)C2=O)cc1. The number of methoxy groups -OCH3 is 1. The first-order valence-electron chi connectivity index (χ1n) is 10.1. The van der Waals surface area contributed by atoms with Crippen molar-refractivity contribution < 1.29 is 23.9 Å². The van der Waals surface area contributed by atoms with Crippen molar-refractivity contribution in [1.29, 1.82) is 0 Å². The van der Waals surface area contributed by atoms with Crippen LogP contribution in [-0.2, 0) is 16.0 Å². The van der Waals surface area contributed by atoms with E-state index in [4.69, 9.17) is 9.47 Å². The quantitative estimate of drug-likeness (QED) is 0.602. The summed E-state index contributed by atoms with van der Waals surface area (Å²) in [5.74, 6) is 0.590. The molecular formula is C23H27N3O5. The second-order valence-electron chi connectivity index (χ2n) is 7.51. The first kappa shape index (κ1) is 22.1. The minimum Gasteiger partial charge on any atom is -0.497 e. The summed E-state index contributed by atoms with van der Waals surface area (Å²) in [7, 11) is 1.60. The molecule has 0 saturated carbocycles. The van der Waals surface area contributed by atoms with Gasteiger partial charge >= 0.3 is 6.03 Å². The minimum atomic E-state index is -1.06. The van der Waals surface area contributed by atoms with Crippen LogP contribution in [0, 0.1) is 0 Å². The molecule has 8 nitrogen and oxygen atoms in total. The largest absolute Gasteiger partial charge is 0.497 e. The van der Waals surface area contributed by atoms with E-state index in [9.17, 15) is 14.4 Å². The number of anilines is 1. The van der Waals surface area contributed by atoms with Gasteiger partial charge in [0.1, 0.15) is 23.6 Å². The van der Waals surface area contributed by atoms with Crippen LogP contribution in [0.1, 0.15) is 25.8 Å². The van der Waals surface area contributed by atoms with E-state index in [1.807, 2.05) is 31.2 Å². The van der Waals surface area contributed by atoms with Crippen LogP contribution in [0.3, 0.4) is 0 Å². The number of carbonyl (C=O) groups is 3. The van der Waals surface area contributed by atoms with E-state index in [0.29, 0.717) is 30.9 Å². The third-order valence-electron chi connectivity index (χ3n) is 5.17. The molecule has 31 heavy (non-hydrogen) atoms. The molecule has 2 N–H and O–H groups in total. The molecule has 1 fully saturated rings. The summed E-state index contributed by atoms with van der Waals surface area (Å²) in [4.78, 5) is 38.6. The van der Waals surface area contributed by atoms with Gasteiger partial charge in [0.25, 0.3) is 5.91 Å². The molecule has 0 aliphatic carbocycles. The zero-order chi connectivity index (χ0) is 22.4. The van der Waals surface area contributed by atoms with Crippen molar-refractivity contribution in [3.63, 3.8) is 0 Å². The van der Waals surface area contributed by atoms with E-state index >= 15 is 0 Å². The summed E-state index contributed by atoms with van der Waals surface area (Å²) in [6.07, 6.45) is 1.01. The van der Waals surface area contributed by atoms with E-state index in [-0.39, 0.29) is 6.54 Å². The first-order valence-corrected chi connectivity index (χ1v) is 10.1. The van der Waals surface area contributed by atoms with Crippen molar-refractivity contribution in [1.82, 2.24) is 10.2 Å². The first-order chi connectivity index (χ1) is 14.8. The molecule has 0 unspecified atom stereocenters. The molecule has 1 aliphatic heterocycles. The van der Waals surface area contributed by atoms with Gasteiger partial charge < -0.3 is 20.1 Å². The molecule has 0 bridgehead atoms. The lowest BCUT2D eigenvalue weighted by Gasteiger charge is -2.21. The Morgan fingerprint density at radius 3 is 2.32 bits per heavy atom. The van der Waals surface area contributed by atoms with Gasteiger partial charge in [-0.1, -0.05) is 12.1 Å². The molecule has 4 amide bonds. The number of aryl methyl sites for hydroxylation is 1. The lowest BCUT2D eigenvalue weighted by molar-refractivity contribution is -0.133. The number of benzene rings is 2. The van der Waals surface area contributed by atoms with Gasteiger partial charge in [0.05, 0.1) is 13.7 Å². The summed E-state index contributed by atoms with van der Waals surface area (Å²) >= 11 is 0. The molecule has 8 heteroatoms. The van der Waals surface area contributed by atoms with Gasteiger partial charge in [-0.3, -0.25) is 14.5 Å². The summed E-state index contributed by atoms with van der Waals surface area (Å²) < 4.78 is 10.5. The van der Waals surface area contributed by atoms with Crippen LogP contribution < -0.4 is 20.1 Å². The van der Waals surface area contributed by atoms with Gasteiger partial charge in [0.2, 0.25) is 5.91 Å². The lowest BCUT2D eigenvalue weighted by atomic mass is 9.93. The van der Waals surface area contributed by atoms with Crippen LogP contribution in [0.25, 0.3) is 0 Å². The predicted octanol–water partition coefficient (Wildman–Crippen LogP) is 2.98. The fraction of sp³-hybridized carbons (Fsp3) is 0.348. The highest BCUT2D eigenvalue weighted by Crippen LogP contribution is 2.24. The molecule has 2 aromatic rings. The Labute approximate surface area is 181 Å². The predicted molar refractivity (Wildman–Crippen MR) is 116 cm³/mol. The van der Waals surface area contributed by atoms with Gasteiger partial charge in [-0.25, -0.2) is 4.79 Å². The van der Waals surface area contributed by atoms with E-state index in [1.54, 1.807) is 38.3 Å². The number of imide groups is 1. The minimum absolute atomic E-state index is 0.351. The van der Waals surface area contributed by atoms with Crippen molar-refractivity contribution in [3.05, 3.63) is 54.1 Å². The molecule has 1 aliphatic rings. The molecule has 0 aromatic heterocycles. The number of urea groups is 1. The van der Waals surface area contributed by atoms with Gasteiger partial charge in [-0.05, 0) is 68.7 Å². The Balaban J connectivity index is 1.57. The Morgan fingerprint density at radius 1 is 1.06 bits per heavy atom. The molecule has 1 saturated heterocycles. The third-order valence-corrected chi connectivity index (χ3v) is 5.17. The fourth-order valence-corrected chi connectivity index (χ4v) is 3.39. The van der Waals surface area contributed by atoms with Crippen molar-refractivity contribution in [2.75, 3.05) is 25.6 Å². The van der Waals surface area contributed by atoms with Gasteiger partial charge in [-0.15, -0.1) is 0 Å². The summed E-state index contributed by atoms with van der Waals surface area (Å²) in [6, 6.07) is 13.9. The van der Waals surface area contributed by atoms with Crippen molar-refractivity contribution in [2.24, 2.45) is 0 Å². The van der Waals surface area contributed by atoms with Crippen molar-refractivity contribution in [3.8, 4) is 11.5 Å². The zero-order valence-electron chi connectivity index (χ0n) is 17.9. The Hall–Kier alpha value is -3.55. The number of ether oxygens (including phenoxy) is 2. The molecule has 3 rings (SSSR count). The van der Waals surface area contributed by atoms with Crippen LogP contribution in [0.4, 0.5) is 10.5 Å². The number of hydrogen-bond acceptors (Lipinski definition) is 5. The van der Waals surface area contributed by atoms with Crippen LogP contribution in [0.15, 0.2) is 48.5 Å². The maximum atomic E-state index is 12.9. The number of amides is 4. The highest BCUT2D eigenvalue weighted by molar-refractivity contribution is 6.09. The van der Waals surface area contributed by atoms with Gasteiger partial charge in [0.15, 0.2) is 0 Å². The van der Waals surface area contributed by atoms with E-state index < -0.39 is 23.4 Å². The number of rotatable bonds is 9. The highest BCUT2D eigenvalue weighted by atomic mass is 16.5. The van der Waals surface area contributed by atoms with E-state index in [0.717, 1.165) is 16.2 Å². The number of hydrogen-bond donors (Lipinski definition) is 2. The Bertz CT molecular complexity index is 943. The summed E-state index contributed by atoms with van der Waals surface area (Å²) in [6.45, 7) is 3.77. The molecule has 0 radical (unpaired) electrons. The zero-order valence-corrected chi connectivity index (χ0v) is 17.9. The molecule has 2 aromatic carbocycles. The average Bonchev–Trinajstić information content (AvgIpc) is 2.97. The normalized spacial score (nSPS) is 18.0. The van der Waals surface area contributed by atoms with E-state index in [1.165, 1.54) is 0 Å². The Morgan fingerprint density at radius 2 is 1.71 bits per heavy atom. The molecular weight excluding hydrogens is 398 g/mol. The van der Waals surface area contributed by atoms with Crippen LogP contribution >= 0.6 is 0 Å². The lowest BCUT2D eigenvalue weighted by Crippen LogP contribution is -2.45. The standard InChI is InChI=1S/C23H27N3O5/c1-4-31-19-11-7-17(8-12-19)24-20(27)15-26-21(28)23(2,25-22(26)29)14-13-16-5-9-18(30-3)10-6-16/h5-12H,4,13-15H2,1-3H3,(H,24,27)(H,25,29)/t23-/m1/s1. The molecule has 1 atom stereocenters. The number of carbonyl (C=O) groups excluding carboxylic acids is 3. The smallest absolute Gasteiger partial charge is 0.325 e. The van der Waals surface area contributed by atoms with Crippen LogP contribution in [-0.4, -0.2) is 48.5 Å². The highest BCUT2D eigenvalue weighted by Gasteiger charge is 2.47. The number of nitrogens with zero attached hydrogens (tertiary/aromatic N) is 1. The van der Waals surface area contributed by atoms with Crippen LogP contribution in [0.5, 0.6) is 11.5 Å². The average molecular weight is 425 g/mol. The second kappa shape index (κ2) is 9.51. The maximum absolute atomic E-state index is 12.9. The van der Waals surface area contributed by atoms with E-state index in [2.05, 4.69) is 10.6 Å². The fourth-order valence-electron chi connectivity index (χ4n) is 3.39. The Kier molecular flexibility index (Phi) is 6.79. The topological polar surface area (TPSA) is 97.0 Å². The third kappa shape index (κ3) is 5.33. The molecule has 1 heterocycles. The number of nitrogens with one attached hydrogen (secondary N) is 2. The summed E-state index contributed by atoms with van der Waals surface area (Å²) in [5.41, 5.74) is 0.523. The molecule has 164 valence electrons. The van der Waals surface area contributed by atoms with Gasteiger partial charge in [0, 0.05) is 5.69 Å². The summed E-state index contributed by atoms with van der Waals surface area (Å²) in [5, 5.41) is 5.42. The van der Waals surface area contributed by atoms with Crippen molar-refractivity contribution >= 4 is 23.5 Å².